The third kappa shape index (κ3) is 5.55. The molecule has 0 saturated carbocycles. The van der Waals surface area contributed by atoms with E-state index in [2.05, 4.69) is 22.3 Å². The molecular weight excluding hydrogens is 362 g/mol. The molecule has 0 bridgehead atoms. The van der Waals surface area contributed by atoms with Crippen molar-refractivity contribution in [2.45, 2.75) is 13.3 Å². The van der Waals surface area contributed by atoms with Gasteiger partial charge in [0.25, 0.3) is 0 Å². The van der Waals surface area contributed by atoms with E-state index in [1.54, 1.807) is 24.3 Å². The zero-order chi connectivity index (χ0) is 19.2. The SMILES string of the molecule is CC(=O)c1ccc(NC(=O)N2CCN(CCc3ccc(Cl)cc3)CC2)cc1. The Labute approximate surface area is 164 Å². The van der Waals surface area contributed by atoms with Gasteiger partial charge in [-0.05, 0) is 55.3 Å². The van der Waals surface area contributed by atoms with Crippen molar-refractivity contribution in [2.24, 2.45) is 0 Å². The number of Topliss-reactive ketones (excluding diaryl/α,β-unsaturated/α-hetero) is 1. The Morgan fingerprint density at radius 1 is 0.963 bits per heavy atom. The summed E-state index contributed by atoms with van der Waals surface area (Å²) in [6.07, 6.45) is 0.978. The Morgan fingerprint density at radius 3 is 2.19 bits per heavy atom. The van der Waals surface area contributed by atoms with Gasteiger partial charge in [-0.1, -0.05) is 23.7 Å². The number of benzene rings is 2. The quantitative estimate of drug-likeness (QED) is 0.793. The molecule has 0 unspecified atom stereocenters. The summed E-state index contributed by atoms with van der Waals surface area (Å²) in [5, 5.41) is 3.66. The first-order valence-corrected chi connectivity index (χ1v) is 9.53. The predicted molar refractivity (Wildman–Crippen MR) is 109 cm³/mol. The largest absolute Gasteiger partial charge is 0.322 e. The molecule has 2 amide bonds. The van der Waals surface area contributed by atoms with Gasteiger partial charge in [-0.3, -0.25) is 9.69 Å². The number of anilines is 1. The topological polar surface area (TPSA) is 52.7 Å². The summed E-state index contributed by atoms with van der Waals surface area (Å²) >= 11 is 5.92. The summed E-state index contributed by atoms with van der Waals surface area (Å²) in [5.41, 5.74) is 2.62. The second-order valence-electron chi connectivity index (χ2n) is 6.77. The molecule has 1 heterocycles. The van der Waals surface area contributed by atoms with Crippen molar-refractivity contribution in [1.82, 2.24) is 9.80 Å². The van der Waals surface area contributed by atoms with Crippen LogP contribution in [0.5, 0.6) is 0 Å². The van der Waals surface area contributed by atoms with Crippen LogP contribution in [0.25, 0.3) is 0 Å². The minimum atomic E-state index is -0.0945. The lowest BCUT2D eigenvalue weighted by atomic mass is 10.1. The van der Waals surface area contributed by atoms with Crippen molar-refractivity contribution < 1.29 is 9.59 Å². The second kappa shape index (κ2) is 9.02. The predicted octanol–water partition coefficient (Wildman–Crippen LogP) is 3.93. The molecule has 0 atom stereocenters. The van der Waals surface area contributed by atoms with Crippen LogP contribution < -0.4 is 5.32 Å². The number of rotatable bonds is 5. The number of carbonyl (C=O) groups is 2. The Balaban J connectivity index is 1.43. The average molecular weight is 386 g/mol. The van der Waals surface area contributed by atoms with Gasteiger partial charge in [0.15, 0.2) is 5.78 Å². The van der Waals surface area contributed by atoms with Crippen LogP contribution in [0.2, 0.25) is 5.02 Å². The van der Waals surface area contributed by atoms with Gasteiger partial charge in [-0.2, -0.15) is 0 Å². The molecule has 6 heteroatoms. The van der Waals surface area contributed by atoms with E-state index in [1.807, 2.05) is 17.0 Å². The highest BCUT2D eigenvalue weighted by molar-refractivity contribution is 6.30. The van der Waals surface area contributed by atoms with Crippen LogP contribution in [0.3, 0.4) is 0 Å². The van der Waals surface area contributed by atoms with E-state index in [-0.39, 0.29) is 11.8 Å². The van der Waals surface area contributed by atoms with Crippen molar-refractivity contribution in [1.29, 1.82) is 0 Å². The fourth-order valence-corrected chi connectivity index (χ4v) is 3.23. The van der Waals surface area contributed by atoms with Gasteiger partial charge in [0.05, 0.1) is 0 Å². The highest BCUT2D eigenvalue weighted by atomic mass is 35.5. The molecular formula is C21H24ClN3O2. The number of amides is 2. The maximum Gasteiger partial charge on any atom is 0.321 e. The zero-order valence-electron chi connectivity index (χ0n) is 15.5. The van der Waals surface area contributed by atoms with Gasteiger partial charge in [0.2, 0.25) is 0 Å². The van der Waals surface area contributed by atoms with Crippen molar-refractivity contribution in [2.75, 3.05) is 38.0 Å². The molecule has 27 heavy (non-hydrogen) atoms. The maximum absolute atomic E-state index is 12.4. The van der Waals surface area contributed by atoms with E-state index in [1.165, 1.54) is 12.5 Å². The molecule has 0 radical (unpaired) electrons. The number of halogens is 1. The molecule has 142 valence electrons. The van der Waals surface area contributed by atoms with Gasteiger partial charge >= 0.3 is 6.03 Å². The van der Waals surface area contributed by atoms with Gasteiger partial charge in [0, 0.05) is 49.0 Å². The highest BCUT2D eigenvalue weighted by Gasteiger charge is 2.20. The number of hydrogen-bond acceptors (Lipinski definition) is 3. The van der Waals surface area contributed by atoms with Crippen LogP contribution in [0.1, 0.15) is 22.8 Å². The third-order valence-electron chi connectivity index (χ3n) is 4.83. The standard InChI is InChI=1S/C21H24ClN3O2/c1-16(26)18-4-8-20(9-5-18)23-21(27)25-14-12-24(13-15-25)11-10-17-2-6-19(22)7-3-17/h2-9H,10-15H2,1H3,(H,23,27). The molecule has 1 fully saturated rings. The molecule has 1 saturated heterocycles. The molecule has 1 aliphatic heterocycles. The first-order chi connectivity index (χ1) is 13.0. The molecule has 2 aromatic rings. The fourth-order valence-electron chi connectivity index (χ4n) is 3.10. The first kappa shape index (κ1) is 19.4. The summed E-state index contributed by atoms with van der Waals surface area (Å²) in [4.78, 5) is 27.9. The molecule has 2 aromatic carbocycles. The Kier molecular flexibility index (Phi) is 6.48. The maximum atomic E-state index is 12.4. The van der Waals surface area contributed by atoms with E-state index in [0.29, 0.717) is 24.3 Å². The smallest absolute Gasteiger partial charge is 0.321 e. The normalized spacial score (nSPS) is 14.8. The number of urea groups is 1. The third-order valence-corrected chi connectivity index (χ3v) is 5.08. The van der Waals surface area contributed by atoms with Crippen LogP contribution >= 0.6 is 11.6 Å². The number of ketones is 1. The van der Waals surface area contributed by atoms with Crippen molar-refractivity contribution in [3.05, 3.63) is 64.7 Å². The molecule has 1 aliphatic rings. The van der Waals surface area contributed by atoms with Crippen LogP contribution in [0.4, 0.5) is 10.5 Å². The van der Waals surface area contributed by atoms with Crippen molar-refractivity contribution >= 4 is 29.1 Å². The minimum absolute atomic E-state index is 0.0163. The van der Waals surface area contributed by atoms with Crippen LogP contribution in [-0.2, 0) is 6.42 Å². The van der Waals surface area contributed by atoms with E-state index in [4.69, 9.17) is 11.6 Å². The number of carbonyl (C=O) groups excluding carboxylic acids is 2. The Hall–Kier alpha value is -2.37. The van der Waals surface area contributed by atoms with Gasteiger partial charge < -0.3 is 10.2 Å². The summed E-state index contributed by atoms with van der Waals surface area (Å²) in [7, 11) is 0. The Bertz CT molecular complexity index is 782. The van der Waals surface area contributed by atoms with E-state index in [0.717, 1.165) is 31.1 Å². The van der Waals surface area contributed by atoms with Crippen LogP contribution in [-0.4, -0.2) is 54.3 Å². The lowest BCUT2D eigenvalue weighted by molar-refractivity contribution is 0.101. The molecule has 1 N–H and O–H groups in total. The molecule has 5 nitrogen and oxygen atoms in total. The van der Waals surface area contributed by atoms with E-state index < -0.39 is 0 Å². The number of nitrogens with one attached hydrogen (secondary N) is 1. The Morgan fingerprint density at radius 2 is 1.59 bits per heavy atom. The molecule has 0 aliphatic carbocycles. The number of hydrogen-bond donors (Lipinski definition) is 1. The van der Waals surface area contributed by atoms with Crippen LogP contribution in [0, 0.1) is 0 Å². The summed E-state index contributed by atoms with van der Waals surface area (Å²) in [5.74, 6) is 0.0163. The molecule has 0 aromatic heterocycles. The van der Waals surface area contributed by atoms with E-state index >= 15 is 0 Å². The van der Waals surface area contributed by atoms with Crippen molar-refractivity contribution in [3.8, 4) is 0 Å². The number of piperazine rings is 1. The van der Waals surface area contributed by atoms with Crippen molar-refractivity contribution in [3.63, 3.8) is 0 Å². The van der Waals surface area contributed by atoms with Gasteiger partial charge in [-0.25, -0.2) is 4.79 Å². The summed E-state index contributed by atoms with van der Waals surface area (Å²) < 4.78 is 0. The first-order valence-electron chi connectivity index (χ1n) is 9.15. The van der Waals surface area contributed by atoms with Crippen LogP contribution in [0.15, 0.2) is 48.5 Å². The minimum Gasteiger partial charge on any atom is -0.322 e. The highest BCUT2D eigenvalue weighted by Crippen LogP contribution is 2.13. The average Bonchev–Trinajstić information content (AvgIpc) is 2.68. The van der Waals surface area contributed by atoms with E-state index in [9.17, 15) is 9.59 Å². The lowest BCUT2D eigenvalue weighted by Crippen LogP contribution is -2.50. The lowest BCUT2D eigenvalue weighted by Gasteiger charge is -2.34. The molecule has 0 spiro atoms. The second-order valence-corrected chi connectivity index (χ2v) is 7.21. The fraction of sp³-hybridized carbons (Fsp3) is 0.333. The zero-order valence-corrected chi connectivity index (χ0v) is 16.2. The summed E-state index contributed by atoms with van der Waals surface area (Å²) in [6.45, 7) is 5.65. The summed E-state index contributed by atoms with van der Waals surface area (Å²) in [6, 6.07) is 14.8. The van der Waals surface area contributed by atoms with Gasteiger partial charge in [0.1, 0.15) is 0 Å². The molecule has 3 rings (SSSR count). The van der Waals surface area contributed by atoms with Gasteiger partial charge in [-0.15, -0.1) is 0 Å². The number of nitrogens with zero attached hydrogens (tertiary/aromatic N) is 2. The monoisotopic (exact) mass is 385 g/mol.